The Balaban J connectivity index is 1.40. The lowest BCUT2D eigenvalue weighted by molar-refractivity contribution is -0.0336. The topological polar surface area (TPSA) is 51.4 Å². The van der Waals surface area contributed by atoms with Crippen molar-refractivity contribution in [1.82, 2.24) is 15.0 Å². The average Bonchev–Trinajstić information content (AvgIpc) is 3.00. The van der Waals surface area contributed by atoms with Crippen LogP contribution in [0.5, 0.6) is 0 Å². The standard InChI is InChI=1S/C14H17N3O2S/c1-2-10(1)14-15-13(16-19-14)8-17-4-5-18-12(7-17)11-3-6-20-9-11/h3,6,9-10,12H,1-2,4-5,7-8H2. The van der Waals surface area contributed by atoms with E-state index in [1.54, 1.807) is 11.3 Å². The molecule has 1 unspecified atom stereocenters. The van der Waals surface area contributed by atoms with Crippen LogP contribution in [0, 0.1) is 0 Å². The minimum absolute atomic E-state index is 0.171. The molecular formula is C14H17N3O2S. The summed E-state index contributed by atoms with van der Waals surface area (Å²) in [7, 11) is 0. The predicted octanol–water partition coefficient (Wildman–Crippen LogP) is 2.58. The molecule has 2 aliphatic rings. The molecule has 1 aliphatic carbocycles. The zero-order valence-electron chi connectivity index (χ0n) is 11.2. The van der Waals surface area contributed by atoms with Crippen LogP contribution in [0.15, 0.2) is 21.3 Å². The molecule has 1 saturated carbocycles. The van der Waals surface area contributed by atoms with Gasteiger partial charge in [-0.1, -0.05) is 5.16 Å². The Kier molecular flexibility index (Phi) is 3.29. The molecule has 1 atom stereocenters. The molecule has 20 heavy (non-hydrogen) atoms. The quantitative estimate of drug-likeness (QED) is 0.866. The van der Waals surface area contributed by atoms with Gasteiger partial charge in [0.1, 0.15) is 0 Å². The van der Waals surface area contributed by atoms with Gasteiger partial charge < -0.3 is 9.26 Å². The SMILES string of the molecule is c1cc(C2CN(Cc3noc(C4CC4)n3)CCO2)cs1. The number of hydrogen-bond acceptors (Lipinski definition) is 6. The second-order valence-corrected chi connectivity index (χ2v) is 6.25. The van der Waals surface area contributed by atoms with Crippen LogP contribution >= 0.6 is 11.3 Å². The maximum Gasteiger partial charge on any atom is 0.229 e. The lowest BCUT2D eigenvalue weighted by Gasteiger charge is -2.31. The van der Waals surface area contributed by atoms with Crippen molar-refractivity contribution in [2.75, 3.05) is 19.7 Å². The van der Waals surface area contributed by atoms with Crippen LogP contribution in [0.25, 0.3) is 0 Å². The Labute approximate surface area is 121 Å². The summed E-state index contributed by atoms with van der Waals surface area (Å²) in [6, 6.07) is 2.14. The molecule has 3 heterocycles. The fourth-order valence-electron chi connectivity index (χ4n) is 2.53. The van der Waals surface area contributed by atoms with Gasteiger partial charge in [0, 0.05) is 19.0 Å². The van der Waals surface area contributed by atoms with Crippen molar-refractivity contribution in [2.24, 2.45) is 0 Å². The van der Waals surface area contributed by atoms with E-state index >= 15 is 0 Å². The van der Waals surface area contributed by atoms with E-state index in [1.807, 2.05) is 0 Å². The lowest BCUT2D eigenvalue weighted by atomic mass is 10.1. The van der Waals surface area contributed by atoms with Crippen LogP contribution < -0.4 is 0 Å². The van der Waals surface area contributed by atoms with Gasteiger partial charge in [0.15, 0.2) is 5.82 Å². The Morgan fingerprint density at radius 2 is 2.35 bits per heavy atom. The summed E-state index contributed by atoms with van der Waals surface area (Å²) in [6.07, 6.45) is 2.56. The van der Waals surface area contributed by atoms with Gasteiger partial charge in [0.25, 0.3) is 0 Å². The maximum absolute atomic E-state index is 5.84. The highest BCUT2D eigenvalue weighted by Gasteiger charge is 2.30. The van der Waals surface area contributed by atoms with E-state index < -0.39 is 0 Å². The normalized spacial score (nSPS) is 24.1. The molecule has 2 aromatic heterocycles. The molecule has 2 fully saturated rings. The van der Waals surface area contributed by atoms with E-state index in [-0.39, 0.29) is 6.10 Å². The van der Waals surface area contributed by atoms with Crippen LogP contribution in [0.2, 0.25) is 0 Å². The summed E-state index contributed by atoms with van der Waals surface area (Å²) in [4.78, 5) is 6.84. The number of rotatable bonds is 4. The number of aromatic nitrogens is 2. The average molecular weight is 291 g/mol. The predicted molar refractivity (Wildman–Crippen MR) is 74.6 cm³/mol. The Hall–Kier alpha value is -1.24. The first kappa shape index (κ1) is 12.5. The van der Waals surface area contributed by atoms with Gasteiger partial charge in [-0.15, -0.1) is 0 Å². The highest BCUT2D eigenvalue weighted by Crippen LogP contribution is 2.38. The molecule has 6 heteroatoms. The molecule has 0 radical (unpaired) electrons. The number of morpholine rings is 1. The smallest absolute Gasteiger partial charge is 0.229 e. The maximum atomic E-state index is 5.84. The highest BCUT2D eigenvalue weighted by molar-refractivity contribution is 7.07. The van der Waals surface area contributed by atoms with Crippen molar-refractivity contribution in [3.05, 3.63) is 34.1 Å². The summed E-state index contributed by atoms with van der Waals surface area (Å²) in [6.45, 7) is 3.33. The Morgan fingerprint density at radius 3 is 3.15 bits per heavy atom. The third-order valence-electron chi connectivity index (χ3n) is 3.84. The molecule has 2 aromatic rings. The molecular weight excluding hydrogens is 274 g/mol. The van der Waals surface area contributed by atoms with Crippen molar-refractivity contribution in [1.29, 1.82) is 0 Å². The molecule has 5 nitrogen and oxygen atoms in total. The summed E-state index contributed by atoms with van der Waals surface area (Å²) in [5.74, 6) is 2.15. The molecule has 106 valence electrons. The van der Waals surface area contributed by atoms with Gasteiger partial charge in [-0.05, 0) is 35.2 Å². The van der Waals surface area contributed by atoms with Crippen molar-refractivity contribution >= 4 is 11.3 Å². The van der Waals surface area contributed by atoms with Crippen molar-refractivity contribution in [3.8, 4) is 0 Å². The van der Waals surface area contributed by atoms with Crippen LogP contribution in [-0.4, -0.2) is 34.7 Å². The third-order valence-corrected chi connectivity index (χ3v) is 4.54. The van der Waals surface area contributed by atoms with Gasteiger partial charge >= 0.3 is 0 Å². The molecule has 1 saturated heterocycles. The fraction of sp³-hybridized carbons (Fsp3) is 0.571. The number of thiophene rings is 1. The van der Waals surface area contributed by atoms with Crippen LogP contribution in [0.1, 0.15) is 42.1 Å². The van der Waals surface area contributed by atoms with Crippen LogP contribution in [0.3, 0.4) is 0 Å². The summed E-state index contributed by atoms with van der Waals surface area (Å²) < 4.78 is 11.2. The fourth-order valence-corrected chi connectivity index (χ4v) is 3.24. The van der Waals surface area contributed by atoms with Gasteiger partial charge in [0.05, 0.1) is 19.3 Å². The van der Waals surface area contributed by atoms with E-state index in [9.17, 15) is 0 Å². The Bertz CT molecular complexity index is 565. The Morgan fingerprint density at radius 1 is 1.40 bits per heavy atom. The number of ether oxygens (including phenoxy) is 1. The largest absolute Gasteiger partial charge is 0.371 e. The molecule has 0 N–H and O–H groups in total. The minimum atomic E-state index is 0.171. The van der Waals surface area contributed by atoms with E-state index in [1.165, 1.54) is 18.4 Å². The summed E-state index contributed by atoms with van der Waals surface area (Å²) >= 11 is 1.71. The van der Waals surface area contributed by atoms with Gasteiger partial charge in [-0.2, -0.15) is 16.3 Å². The van der Waals surface area contributed by atoms with Gasteiger partial charge in [-0.3, -0.25) is 4.90 Å². The van der Waals surface area contributed by atoms with Gasteiger partial charge in [0.2, 0.25) is 5.89 Å². The zero-order chi connectivity index (χ0) is 13.4. The minimum Gasteiger partial charge on any atom is -0.371 e. The molecule has 0 amide bonds. The highest BCUT2D eigenvalue weighted by atomic mass is 32.1. The monoisotopic (exact) mass is 291 g/mol. The second kappa shape index (κ2) is 5.27. The first-order valence-electron chi connectivity index (χ1n) is 7.07. The van der Waals surface area contributed by atoms with E-state index in [4.69, 9.17) is 9.26 Å². The molecule has 0 spiro atoms. The molecule has 1 aliphatic heterocycles. The first-order valence-corrected chi connectivity index (χ1v) is 8.01. The van der Waals surface area contributed by atoms with Crippen molar-refractivity contribution in [3.63, 3.8) is 0 Å². The van der Waals surface area contributed by atoms with Crippen molar-refractivity contribution in [2.45, 2.75) is 31.4 Å². The molecule has 4 rings (SSSR count). The second-order valence-electron chi connectivity index (χ2n) is 5.47. The van der Waals surface area contributed by atoms with Crippen LogP contribution in [0.4, 0.5) is 0 Å². The van der Waals surface area contributed by atoms with E-state index in [0.717, 1.165) is 38.0 Å². The first-order chi connectivity index (χ1) is 9.88. The third kappa shape index (κ3) is 2.63. The van der Waals surface area contributed by atoms with Crippen LogP contribution in [-0.2, 0) is 11.3 Å². The zero-order valence-corrected chi connectivity index (χ0v) is 12.0. The van der Waals surface area contributed by atoms with E-state index in [0.29, 0.717) is 5.92 Å². The summed E-state index contributed by atoms with van der Waals surface area (Å²) in [5, 5.41) is 8.35. The molecule has 0 aromatic carbocycles. The van der Waals surface area contributed by atoms with Crippen molar-refractivity contribution < 1.29 is 9.26 Å². The summed E-state index contributed by atoms with van der Waals surface area (Å²) in [5.41, 5.74) is 1.27. The lowest BCUT2D eigenvalue weighted by Crippen LogP contribution is -2.37. The number of nitrogens with zero attached hydrogens (tertiary/aromatic N) is 3. The van der Waals surface area contributed by atoms with E-state index in [2.05, 4.69) is 31.9 Å². The molecule has 0 bridgehead atoms. The van der Waals surface area contributed by atoms with Gasteiger partial charge in [-0.25, -0.2) is 0 Å². The number of hydrogen-bond donors (Lipinski definition) is 0.